The quantitative estimate of drug-likeness (QED) is 0.0195. The molecule has 1 amide bonds. The Morgan fingerprint density at radius 2 is 0.701 bits per heavy atom. The van der Waals surface area contributed by atoms with Gasteiger partial charge in [0.1, 0.15) is 24.4 Å². The number of hydrogen-bond donors (Lipinski definition) is 6. The molecule has 7 unspecified atom stereocenters. The average molecular weight is 1370 g/mol. The van der Waals surface area contributed by atoms with Gasteiger partial charge >= 0.3 is 5.97 Å². The molecule has 1 rings (SSSR count). The molecule has 1 aliphatic rings. The predicted octanol–water partition coefficient (Wildman–Crippen LogP) is 23.2. The Bertz CT molecular complexity index is 1800. The first-order chi connectivity index (χ1) is 47.7. The summed E-state index contributed by atoms with van der Waals surface area (Å²) in [5.74, 6) is -0.176. The van der Waals surface area contributed by atoms with Crippen LogP contribution >= 0.6 is 0 Å². The third-order valence-corrected chi connectivity index (χ3v) is 19.8. The number of carbonyl (C=O) groups is 2. The minimum Gasteiger partial charge on any atom is -0.466 e. The molecule has 1 heterocycles. The lowest BCUT2D eigenvalue weighted by Crippen LogP contribution is -2.60. The highest BCUT2D eigenvalue weighted by molar-refractivity contribution is 5.76. The van der Waals surface area contributed by atoms with E-state index in [4.69, 9.17) is 14.2 Å². The van der Waals surface area contributed by atoms with E-state index in [1.54, 1.807) is 6.08 Å². The fraction of sp³-hybridized carbons (Fsp3) is 0.860. The summed E-state index contributed by atoms with van der Waals surface area (Å²) in [5, 5.41) is 54.5. The maximum absolute atomic E-state index is 13.1. The van der Waals surface area contributed by atoms with Gasteiger partial charge < -0.3 is 45.1 Å². The van der Waals surface area contributed by atoms with E-state index in [-0.39, 0.29) is 18.5 Å². The Balaban J connectivity index is 1.88. The molecule has 0 spiro atoms. The minimum absolute atomic E-state index is 0.0120. The normalized spacial score (nSPS) is 17.5. The van der Waals surface area contributed by atoms with Crippen molar-refractivity contribution in [3.05, 3.63) is 60.8 Å². The van der Waals surface area contributed by atoms with E-state index >= 15 is 0 Å². The zero-order valence-corrected chi connectivity index (χ0v) is 63.6. The van der Waals surface area contributed by atoms with Gasteiger partial charge in [-0.05, 0) is 103 Å². The SMILES string of the molecule is CCCCCCCC/C=C/CC/C=C/C(O)C(COC1OC(CO)C(O)C(O)C1O)NC(=O)CCCCCCCCCCCCCCCCCCC/C=C\C/C=C\CCCCCCCCCCCCCCCCCOC(=O)CCCCCCCCC/C=C\CCCCCCCCC. The molecule has 0 saturated carbocycles. The van der Waals surface area contributed by atoms with E-state index in [0.29, 0.717) is 19.4 Å². The minimum atomic E-state index is -1.58. The Labute approximate surface area is 598 Å². The van der Waals surface area contributed by atoms with Crippen LogP contribution in [-0.4, -0.2) is 100 Å². The molecule has 11 nitrogen and oxygen atoms in total. The number of amides is 1. The second-order valence-corrected chi connectivity index (χ2v) is 29.2. The van der Waals surface area contributed by atoms with E-state index in [2.05, 4.69) is 67.8 Å². The topological polar surface area (TPSA) is 175 Å². The predicted molar refractivity (Wildman–Crippen MR) is 412 cm³/mol. The van der Waals surface area contributed by atoms with E-state index in [0.717, 1.165) is 64.2 Å². The van der Waals surface area contributed by atoms with Gasteiger partial charge in [-0.1, -0.05) is 357 Å². The molecule has 11 heteroatoms. The number of allylic oxidation sites excluding steroid dienone is 9. The van der Waals surface area contributed by atoms with Crippen molar-refractivity contribution in [2.24, 2.45) is 0 Å². The number of hydrogen-bond acceptors (Lipinski definition) is 10. The summed E-state index contributed by atoms with van der Waals surface area (Å²) in [6.07, 6.45) is 91.3. The number of unbranched alkanes of at least 4 members (excludes halogenated alkanes) is 53. The van der Waals surface area contributed by atoms with Crippen LogP contribution in [0.1, 0.15) is 412 Å². The molecule has 0 bridgehead atoms. The molecule has 1 fully saturated rings. The molecule has 0 radical (unpaired) electrons. The molecule has 0 aromatic heterocycles. The fourth-order valence-corrected chi connectivity index (χ4v) is 13.2. The molecule has 7 atom stereocenters. The van der Waals surface area contributed by atoms with Gasteiger partial charge in [0.25, 0.3) is 0 Å². The number of nitrogens with one attached hydrogen (secondary N) is 1. The smallest absolute Gasteiger partial charge is 0.305 e. The van der Waals surface area contributed by atoms with Crippen LogP contribution in [0.5, 0.6) is 0 Å². The first kappa shape index (κ1) is 92.4. The van der Waals surface area contributed by atoms with E-state index in [9.17, 15) is 35.1 Å². The van der Waals surface area contributed by atoms with Crippen LogP contribution in [0.15, 0.2) is 60.8 Å². The fourth-order valence-electron chi connectivity index (χ4n) is 13.2. The molecule has 0 aliphatic carbocycles. The van der Waals surface area contributed by atoms with Crippen molar-refractivity contribution in [3.8, 4) is 0 Å². The molecule has 568 valence electrons. The van der Waals surface area contributed by atoms with Gasteiger partial charge in [-0.3, -0.25) is 9.59 Å². The van der Waals surface area contributed by atoms with Gasteiger partial charge in [-0.15, -0.1) is 0 Å². The van der Waals surface area contributed by atoms with Gasteiger partial charge in [0, 0.05) is 12.8 Å². The second-order valence-electron chi connectivity index (χ2n) is 29.2. The van der Waals surface area contributed by atoms with Crippen molar-refractivity contribution in [2.75, 3.05) is 19.8 Å². The Morgan fingerprint density at radius 3 is 1.08 bits per heavy atom. The summed E-state index contributed by atoms with van der Waals surface area (Å²) in [6, 6.07) is -0.826. The lowest BCUT2D eigenvalue weighted by Gasteiger charge is -2.40. The lowest BCUT2D eigenvalue weighted by molar-refractivity contribution is -0.302. The maximum Gasteiger partial charge on any atom is 0.305 e. The first-order valence-corrected chi connectivity index (χ1v) is 42.1. The summed E-state index contributed by atoms with van der Waals surface area (Å²) >= 11 is 0. The number of ether oxygens (including phenoxy) is 3. The molecule has 6 N–H and O–H groups in total. The molecule has 0 aromatic carbocycles. The zero-order valence-electron chi connectivity index (χ0n) is 63.6. The summed E-state index contributed by atoms with van der Waals surface area (Å²) in [5.41, 5.74) is 0. The van der Waals surface area contributed by atoms with Crippen LogP contribution in [-0.2, 0) is 23.8 Å². The van der Waals surface area contributed by atoms with Crippen LogP contribution in [0.4, 0.5) is 0 Å². The van der Waals surface area contributed by atoms with Gasteiger partial charge in [0.15, 0.2) is 6.29 Å². The van der Waals surface area contributed by atoms with Crippen LogP contribution in [0, 0.1) is 0 Å². The average Bonchev–Trinajstić information content (AvgIpc) is 0.834. The summed E-state index contributed by atoms with van der Waals surface area (Å²) in [7, 11) is 0. The van der Waals surface area contributed by atoms with Gasteiger partial charge in [-0.25, -0.2) is 0 Å². The molecule has 1 aliphatic heterocycles. The van der Waals surface area contributed by atoms with Crippen LogP contribution in [0.25, 0.3) is 0 Å². The van der Waals surface area contributed by atoms with Crippen molar-refractivity contribution in [1.29, 1.82) is 0 Å². The maximum atomic E-state index is 13.1. The highest BCUT2D eigenvalue weighted by Crippen LogP contribution is 2.24. The lowest BCUT2D eigenvalue weighted by atomic mass is 9.99. The van der Waals surface area contributed by atoms with Crippen molar-refractivity contribution in [3.63, 3.8) is 0 Å². The van der Waals surface area contributed by atoms with E-state index < -0.39 is 49.5 Å². The van der Waals surface area contributed by atoms with E-state index in [1.807, 2.05) is 6.08 Å². The van der Waals surface area contributed by atoms with Crippen molar-refractivity contribution in [1.82, 2.24) is 5.32 Å². The molecular weight excluding hydrogens is 1210 g/mol. The first-order valence-electron chi connectivity index (χ1n) is 42.1. The number of rotatable bonds is 75. The van der Waals surface area contributed by atoms with Crippen LogP contribution in [0.2, 0.25) is 0 Å². The number of carbonyl (C=O) groups excluding carboxylic acids is 2. The zero-order chi connectivity index (χ0) is 70.1. The standard InChI is InChI=1S/C86H159NO10/c1-3-5-7-9-11-13-15-17-18-19-44-47-50-54-58-62-66-70-74-82(91)95-75-71-67-63-59-55-51-48-45-42-40-38-36-34-32-30-28-26-24-22-20-21-23-25-27-29-31-33-35-37-39-41-43-46-49-53-57-61-65-69-73-81(90)87-78(77-96-86-85(94)84(93)83(92)80(76-88)97-86)79(89)72-68-64-60-56-52-16-14-12-10-8-6-4-2/h18-21,24,26,52,56,68,72,78-80,83-86,88-89,92-94H,3-17,22-23,25,27-51,53-55,57-67,69-71,73-77H2,1-2H3,(H,87,90)/b19-18-,21-20-,26-24-,56-52+,72-68+. The Kier molecular flexibility index (Phi) is 71.0. The van der Waals surface area contributed by atoms with Crippen molar-refractivity contribution >= 4 is 11.9 Å². The summed E-state index contributed by atoms with van der Waals surface area (Å²) < 4.78 is 16.8. The third-order valence-electron chi connectivity index (χ3n) is 19.8. The van der Waals surface area contributed by atoms with Gasteiger partial charge in [-0.2, -0.15) is 0 Å². The van der Waals surface area contributed by atoms with Gasteiger partial charge in [0.05, 0.1) is 32.0 Å². The molecular formula is C86H159NO10. The molecule has 97 heavy (non-hydrogen) atoms. The second kappa shape index (κ2) is 74.5. The van der Waals surface area contributed by atoms with Crippen molar-refractivity contribution in [2.45, 2.75) is 455 Å². The van der Waals surface area contributed by atoms with Crippen LogP contribution < -0.4 is 5.32 Å². The highest BCUT2D eigenvalue weighted by Gasteiger charge is 2.44. The summed E-state index contributed by atoms with van der Waals surface area (Å²) in [4.78, 5) is 25.2. The monoisotopic (exact) mass is 1370 g/mol. The Hall–Kier alpha value is -2.64. The number of aliphatic hydroxyl groups excluding tert-OH is 5. The van der Waals surface area contributed by atoms with E-state index in [1.165, 1.54) is 321 Å². The highest BCUT2D eigenvalue weighted by atomic mass is 16.7. The summed E-state index contributed by atoms with van der Waals surface area (Å²) in [6.45, 7) is 4.36. The largest absolute Gasteiger partial charge is 0.466 e. The number of esters is 1. The Morgan fingerprint density at radius 1 is 0.381 bits per heavy atom. The van der Waals surface area contributed by atoms with Crippen molar-refractivity contribution < 1.29 is 49.3 Å². The van der Waals surface area contributed by atoms with Crippen LogP contribution in [0.3, 0.4) is 0 Å². The third kappa shape index (κ3) is 62.8. The molecule has 0 aromatic rings. The number of aliphatic hydroxyl groups is 5. The molecule has 1 saturated heterocycles. The van der Waals surface area contributed by atoms with Gasteiger partial charge in [0.2, 0.25) is 5.91 Å².